The lowest BCUT2D eigenvalue weighted by atomic mass is 10.1. The monoisotopic (exact) mass is 326 g/mol. The van der Waals surface area contributed by atoms with Crippen molar-refractivity contribution in [3.63, 3.8) is 0 Å². The minimum absolute atomic E-state index is 0.0722. The van der Waals surface area contributed by atoms with Gasteiger partial charge in [-0.15, -0.1) is 0 Å². The summed E-state index contributed by atoms with van der Waals surface area (Å²) < 4.78 is 10.4. The summed E-state index contributed by atoms with van der Waals surface area (Å²) in [6, 6.07) is 15.3. The number of nitrogens with zero attached hydrogens (tertiary/aromatic N) is 2. The molecule has 0 atom stereocenters. The van der Waals surface area contributed by atoms with Crippen molar-refractivity contribution < 1.29 is 14.3 Å². The Morgan fingerprint density at radius 1 is 0.875 bits per heavy atom. The van der Waals surface area contributed by atoms with Gasteiger partial charge in [-0.1, -0.05) is 6.07 Å². The molecule has 1 saturated heterocycles. The molecule has 0 aliphatic carbocycles. The Morgan fingerprint density at radius 3 is 2.17 bits per heavy atom. The Kier molecular flexibility index (Phi) is 4.89. The number of ether oxygens (including phenoxy) is 2. The number of hydrogen-bond donors (Lipinski definition) is 0. The van der Waals surface area contributed by atoms with Gasteiger partial charge in [-0.25, -0.2) is 0 Å². The molecule has 1 amide bonds. The second-order valence-corrected chi connectivity index (χ2v) is 5.71. The number of methoxy groups -OCH3 is 2. The summed E-state index contributed by atoms with van der Waals surface area (Å²) in [6.07, 6.45) is 0. The Labute approximate surface area is 142 Å². The lowest BCUT2D eigenvalue weighted by Gasteiger charge is -2.36. The van der Waals surface area contributed by atoms with Crippen LogP contribution in [0, 0.1) is 0 Å². The average Bonchev–Trinajstić information content (AvgIpc) is 2.67. The summed E-state index contributed by atoms with van der Waals surface area (Å²) in [5, 5.41) is 0. The highest BCUT2D eigenvalue weighted by atomic mass is 16.5. The van der Waals surface area contributed by atoms with Gasteiger partial charge in [0.05, 0.1) is 14.2 Å². The summed E-state index contributed by atoms with van der Waals surface area (Å²) in [6.45, 7) is 3.05. The molecule has 1 fully saturated rings. The number of amides is 1. The van der Waals surface area contributed by atoms with Crippen molar-refractivity contribution in [3.05, 3.63) is 54.1 Å². The largest absolute Gasteiger partial charge is 0.497 e. The minimum atomic E-state index is 0.0722. The topological polar surface area (TPSA) is 42.0 Å². The quantitative estimate of drug-likeness (QED) is 0.866. The first-order chi connectivity index (χ1) is 11.7. The lowest BCUT2D eigenvalue weighted by Crippen LogP contribution is -2.48. The van der Waals surface area contributed by atoms with Crippen LogP contribution in [0.4, 0.5) is 5.69 Å². The highest BCUT2D eigenvalue weighted by Gasteiger charge is 2.22. The van der Waals surface area contributed by atoms with Crippen LogP contribution in [-0.4, -0.2) is 51.2 Å². The van der Waals surface area contributed by atoms with E-state index in [1.807, 2.05) is 47.4 Å². The van der Waals surface area contributed by atoms with Crippen LogP contribution in [-0.2, 0) is 0 Å². The predicted molar refractivity (Wildman–Crippen MR) is 94.1 cm³/mol. The third kappa shape index (κ3) is 3.45. The van der Waals surface area contributed by atoms with Crippen molar-refractivity contribution in [2.24, 2.45) is 0 Å². The van der Waals surface area contributed by atoms with Crippen LogP contribution in [0.5, 0.6) is 11.5 Å². The van der Waals surface area contributed by atoms with Gasteiger partial charge in [-0.3, -0.25) is 4.79 Å². The zero-order valence-electron chi connectivity index (χ0n) is 14.1. The molecular formula is C19H22N2O3. The number of benzene rings is 2. The van der Waals surface area contributed by atoms with Crippen molar-refractivity contribution in [2.45, 2.75) is 0 Å². The Morgan fingerprint density at radius 2 is 1.54 bits per heavy atom. The van der Waals surface area contributed by atoms with Crippen molar-refractivity contribution in [2.75, 3.05) is 45.3 Å². The van der Waals surface area contributed by atoms with Gasteiger partial charge in [0.1, 0.15) is 11.5 Å². The van der Waals surface area contributed by atoms with Crippen molar-refractivity contribution in [3.8, 4) is 11.5 Å². The number of piperazine rings is 1. The van der Waals surface area contributed by atoms with Crippen LogP contribution in [0.1, 0.15) is 10.4 Å². The smallest absolute Gasteiger partial charge is 0.253 e. The zero-order chi connectivity index (χ0) is 16.9. The number of carbonyl (C=O) groups is 1. The van der Waals surface area contributed by atoms with E-state index < -0.39 is 0 Å². The summed E-state index contributed by atoms with van der Waals surface area (Å²) >= 11 is 0. The fourth-order valence-electron chi connectivity index (χ4n) is 2.89. The highest BCUT2D eigenvalue weighted by molar-refractivity contribution is 5.94. The molecule has 1 heterocycles. The van der Waals surface area contributed by atoms with Gasteiger partial charge in [0.15, 0.2) is 0 Å². The number of anilines is 1. The van der Waals surface area contributed by atoms with Crippen molar-refractivity contribution >= 4 is 11.6 Å². The first-order valence-corrected chi connectivity index (χ1v) is 8.03. The summed E-state index contributed by atoms with van der Waals surface area (Å²) in [5.41, 5.74) is 1.83. The molecule has 126 valence electrons. The molecule has 0 spiro atoms. The predicted octanol–water partition coefficient (Wildman–Crippen LogP) is 2.67. The van der Waals surface area contributed by atoms with Crippen LogP contribution >= 0.6 is 0 Å². The van der Waals surface area contributed by atoms with Gasteiger partial charge in [0, 0.05) is 43.5 Å². The van der Waals surface area contributed by atoms with Gasteiger partial charge in [-0.2, -0.15) is 0 Å². The average molecular weight is 326 g/mol. The van der Waals surface area contributed by atoms with E-state index in [-0.39, 0.29) is 5.91 Å². The number of hydrogen-bond acceptors (Lipinski definition) is 4. The summed E-state index contributed by atoms with van der Waals surface area (Å²) in [5.74, 6) is 1.68. The molecule has 1 aliphatic rings. The van der Waals surface area contributed by atoms with E-state index in [1.165, 1.54) is 0 Å². The van der Waals surface area contributed by atoms with Crippen molar-refractivity contribution in [1.82, 2.24) is 4.90 Å². The fraction of sp³-hybridized carbons (Fsp3) is 0.316. The molecule has 0 saturated carbocycles. The van der Waals surface area contributed by atoms with Gasteiger partial charge in [0.2, 0.25) is 0 Å². The van der Waals surface area contributed by atoms with E-state index in [4.69, 9.17) is 9.47 Å². The van der Waals surface area contributed by atoms with E-state index in [0.717, 1.165) is 30.3 Å². The van der Waals surface area contributed by atoms with Gasteiger partial charge >= 0.3 is 0 Å². The Balaban J connectivity index is 1.62. The molecule has 5 heteroatoms. The Hall–Kier alpha value is -2.69. The molecule has 0 bridgehead atoms. The molecule has 24 heavy (non-hydrogen) atoms. The van der Waals surface area contributed by atoms with Crippen LogP contribution < -0.4 is 14.4 Å². The van der Waals surface area contributed by atoms with Gasteiger partial charge < -0.3 is 19.3 Å². The SMILES string of the molecule is COc1ccc(C(=O)N2CCN(c3cccc(OC)c3)CC2)cc1. The molecule has 5 nitrogen and oxygen atoms in total. The third-order valence-corrected chi connectivity index (χ3v) is 4.32. The van der Waals surface area contributed by atoms with E-state index in [9.17, 15) is 4.79 Å². The zero-order valence-corrected chi connectivity index (χ0v) is 14.1. The lowest BCUT2D eigenvalue weighted by molar-refractivity contribution is 0.0746. The third-order valence-electron chi connectivity index (χ3n) is 4.32. The van der Waals surface area contributed by atoms with E-state index >= 15 is 0 Å². The standard InChI is InChI=1S/C19H22N2O3/c1-23-17-8-6-15(7-9-17)19(22)21-12-10-20(11-13-21)16-4-3-5-18(14-16)24-2/h3-9,14H,10-13H2,1-2H3. The fourth-order valence-corrected chi connectivity index (χ4v) is 2.89. The molecule has 0 aromatic heterocycles. The first-order valence-electron chi connectivity index (χ1n) is 8.03. The molecule has 2 aromatic carbocycles. The normalized spacial score (nSPS) is 14.4. The molecular weight excluding hydrogens is 304 g/mol. The number of carbonyl (C=O) groups excluding carboxylic acids is 1. The molecule has 0 unspecified atom stereocenters. The highest BCUT2D eigenvalue weighted by Crippen LogP contribution is 2.22. The molecule has 2 aromatic rings. The summed E-state index contributed by atoms with van der Waals surface area (Å²) in [7, 11) is 3.29. The van der Waals surface area contributed by atoms with Gasteiger partial charge in [0.25, 0.3) is 5.91 Å². The molecule has 0 N–H and O–H groups in total. The van der Waals surface area contributed by atoms with E-state index in [2.05, 4.69) is 11.0 Å². The van der Waals surface area contributed by atoms with Crippen LogP contribution in [0.2, 0.25) is 0 Å². The minimum Gasteiger partial charge on any atom is -0.497 e. The maximum atomic E-state index is 12.6. The van der Waals surface area contributed by atoms with E-state index in [0.29, 0.717) is 18.7 Å². The second kappa shape index (κ2) is 7.25. The maximum Gasteiger partial charge on any atom is 0.253 e. The first kappa shape index (κ1) is 16.2. The van der Waals surface area contributed by atoms with Crippen molar-refractivity contribution in [1.29, 1.82) is 0 Å². The molecule has 1 aliphatic heterocycles. The maximum absolute atomic E-state index is 12.6. The second-order valence-electron chi connectivity index (χ2n) is 5.71. The van der Waals surface area contributed by atoms with E-state index in [1.54, 1.807) is 14.2 Å². The number of rotatable bonds is 4. The molecule has 3 rings (SSSR count). The van der Waals surface area contributed by atoms with Crippen LogP contribution in [0.25, 0.3) is 0 Å². The Bertz CT molecular complexity index is 692. The van der Waals surface area contributed by atoms with Crippen LogP contribution in [0.15, 0.2) is 48.5 Å². The van der Waals surface area contributed by atoms with Gasteiger partial charge in [-0.05, 0) is 36.4 Å². The van der Waals surface area contributed by atoms with Crippen LogP contribution in [0.3, 0.4) is 0 Å². The molecule has 0 radical (unpaired) electrons. The summed E-state index contributed by atoms with van der Waals surface area (Å²) in [4.78, 5) is 16.8.